The topological polar surface area (TPSA) is 97.9 Å². The molecule has 11 heteroatoms. The number of piperazine rings is 1. The van der Waals surface area contributed by atoms with E-state index in [0.29, 0.717) is 30.3 Å². The number of rotatable bonds is 9. The zero-order valence-electron chi connectivity index (χ0n) is 20.1. The predicted octanol–water partition coefficient (Wildman–Crippen LogP) is 1.69. The van der Waals surface area contributed by atoms with Crippen molar-refractivity contribution in [3.05, 3.63) is 36.4 Å². The van der Waals surface area contributed by atoms with E-state index in [1.807, 2.05) is 18.0 Å². The molecule has 186 valence electrons. The summed E-state index contributed by atoms with van der Waals surface area (Å²) >= 11 is 0. The van der Waals surface area contributed by atoms with Gasteiger partial charge in [0, 0.05) is 51.0 Å². The molecule has 1 heterocycles. The van der Waals surface area contributed by atoms with Crippen LogP contribution in [0.4, 0.5) is 5.69 Å². The lowest BCUT2D eigenvalue weighted by atomic mass is 10.2. The van der Waals surface area contributed by atoms with E-state index in [0.717, 1.165) is 5.69 Å². The zero-order chi connectivity index (χ0) is 24.9. The Morgan fingerprint density at radius 3 is 2.06 bits per heavy atom. The lowest BCUT2D eigenvalue weighted by Crippen LogP contribution is -2.52. The molecule has 10 nitrogen and oxygen atoms in total. The minimum Gasteiger partial charge on any atom is -0.497 e. The fourth-order valence-corrected chi connectivity index (χ4v) is 5.35. The second-order valence-corrected chi connectivity index (χ2v) is 9.60. The van der Waals surface area contributed by atoms with Crippen molar-refractivity contribution < 1.29 is 32.2 Å². The molecule has 1 saturated heterocycles. The number of sulfonamides is 1. The highest BCUT2D eigenvalue weighted by Gasteiger charge is 2.32. The van der Waals surface area contributed by atoms with E-state index >= 15 is 0 Å². The van der Waals surface area contributed by atoms with Crippen LogP contribution in [0.25, 0.3) is 0 Å². The van der Waals surface area contributed by atoms with Crippen molar-refractivity contribution in [3.63, 3.8) is 0 Å². The first-order valence-electron chi connectivity index (χ1n) is 10.7. The summed E-state index contributed by atoms with van der Waals surface area (Å²) in [6.07, 6.45) is 0. The Morgan fingerprint density at radius 2 is 1.47 bits per heavy atom. The Labute approximate surface area is 200 Å². The molecule has 0 aliphatic carbocycles. The number of hydrogen-bond donors (Lipinski definition) is 0. The second kappa shape index (κ2) is 10.8. The number of nitrogens with zero attached hydrogens (tertiary/aromatic N) is 3. The van der Waals surface area contributed by atoms with E-state index in [-0.39, 0.29) is 36.2 Å². The molecule has 0 unspecified atom stereocenters. The van der Waals surface area contributed by atoms with Gasteiger partial charge in [0.25, 0.3) is 0 Å². The van der Waals surface area contributed by atoms with E-state index in [1.54, 1.807) is 43.4 Å². The third-order valence-corrected chi connectivity index (χ3v) is 7.68. The van der Waals surface area contributed by atoms with E-state index in [2.05, 4.69) is 0 Å². The Morgan fingerprint density at radius 1 is 0.853 bits per heavy atom. The summed E-state index contributed by atoms with van der Waals surface area (Å²) in [6.45, 7) is 1.11. The third-order valence-electron chi connectivity index (χ3n) is 5.76. The summed E-state index contributed by atoms with van der Waals surface area (Å²) in [6, 6.07) is 10.1. The maximum Gasteiger partial charge on any atom is 0.247 e. The SMILES string of the molecule is COc1ccc(OC)c(S(=O)(=O)N2CCN(C(=O)CN(C)c3ccc(OC)c(OC)c3)CC2)c1. The maximum atomic E-state index is 13.2. The Balaban J connectivity index is 1.65. The first-order chi connectivity index (χ1) is 16.2. The van der Waals surface area contributed by atoms with Gasteiger partial charge in [-0.15, -0.1) is 0 Å². The number of benzene rings is 2. The van der Waals surface area contributed by atoms with Crippen LogP contribution in [0.2, 0.25) is 0 Å². The van der Waals surface area contributed by atoms with Gasteiger partial charge in [-0.05, 0) is 24.3 Å². The monoisotopic (exact) mass is 493 g/mol. The van der Waals surface area contributed by atoms with Gasteiger partial charge >= 0.3 is 0 Å². The number of ether oxygens (including phenoxy) is 4. The highest BCUT2D eigenvalue weighted by molar-refractivity contribution is 7.89. The highest BCUT2D eigenvalue weighted by atomic mass is 32.2. The number of amides is 1. The Hall–Kier alpha value is -3.18. The molecular weight excluding hydrogens is 462 g/mol. The van der Waals surface area contributed by atoms with Crippen molar-refractivity contribution in [2.24, 2.45) is 0 Å². The number of methoxy groups -OCH3 is 4. The van der Waals surface area contributed by atoms with Crippen molar-refractivity contribution >= 4 is 21.6 Å². The lowest BCUT2D eigenvalue weighted by Gasteiger charge is -2.35. The van der Waals surface area contributed by atoms with Crippen LogP contribution in [-0.2, 0) is 14.8 Å². The van der Waals surface area contributed by atoms with Crippen molar-refractivity contribution in [2.45, 2.75) is 4.90 Å². The molecule has 0 saturated carbocycles. The van der Waals surface area contributed by atoms with Gasteiger partial charge in [0.15, 0.2) is 11.5 Å². The van der Waals surface area contributed by atoms with Crippen LogP contribution in [0.3, 0.4) is 0 Å². The van der Waals surface area contributed by atoms with E-state index in [9.17, 15) is 13.2 Å². The van der Waals surface area contributed by atoms with Crippen LogP contribution in [0.1, 0.15) is 0 Å². The minimum absolute atomic E-state index is 0.0438. The second-order valence-electron chi connectivity index (χ2n) is 7.70. The Kier molecular flexibility index (Phi) is 8.11. The zero-order valence-corrected chi connectivity index (χ0v) is 20.9. The van der Waals surface area contributed by atoms with Gasteiger partial charge in [-0.25, -0.2) is 8.42 Å². The summed E-state index contributed by atoms with van der Waals surface area (Å²) in [4.78, 5) is 16.4. The molecule has 1 aliphatic rings. The molecule has 0 radical (unpaired) electrons. The maximum absolute atomic E-state index is 13.2. The number of carbonyl (C=O) groups is 1. The molecule has 1 aliphatic heterocycles. The van der Waals surface area contributed by atoms with Crippen LogP contribution < -0.4 is 23.8 Å². The number of anilines is 1. The Bertz CT molecular complexity index is 1120. The van der Waals surface area contributed by atoms with Crippen LogP contribution >= 0.6 is 0 Å². The summed E-state index contributed by atoms with van der Waals surface area (Å²) < 4.78 is 48.9. The average molecular weight is 494 g/mol. The van der Waals surface area contributed by atoms with Crippen LogP contribution in [-0.4, -0.2) is 91.7 Å². The molecule has 1 amide bonds. The lowest BCUT2D eigenvalue weighted by molar-refractivity contribution is -0.130. The van der Waals surface area contributed by atoms with Crippen molar-refractivity contribution in [3.8, 4) is 23.0 Å². The molecule has 2 aromatic rings. The summed E-state index contributed by atoms with van der Waals surface area (Å²) in [5.74, 6) is 1.76. The average Bonchev–Trinajstić information content (AvgIpc) is 2.87. The molecule has 1 fully saturated rings. The molecule has 0 N–H and O–H groups in total. The van der Waals surface area contributed by atoms with Gasteiger partial charge < -0.3 is 28.7 Å². The number of carbonyl (C=O) groups excluding carboxylic acids is 1. The van der Waals surface area contributed by atoms with Crippen molar-refractivity contribution in [2.75, 3.05) is 73.1 Å². The largest absolute Gasteiger partial charge is 0.497 e. The molecular formula is C23H31N3O7S. The standard InChI is InChI=1S/C23H31N3O7S/c1-24(17-6-8-19(31-3)21(14-17)33-5)16-23(27)25-10-12-26(13-11-25)34(28,29)22-15-18(30-2)7-9-20(22)32-4/h6-9,14-15H,10-13,16H2,1-5H3. The smallest absolute Gasteiger partial charge is 0.247 e. The van der Waals surface area contributed by atoms with Crippen LogP contribution in [0.5, 0.6) is 23.0 Å². The summed E-state index contributed by atoms with van der Waals surface area (Å²) in [5, 5.41) is 0. The van der Waals surface area contributed by atoms with E-state index in [4.69, 9.17) is 18.9 Å². The highest BCUT2D eigenvalue weighted by Crippen LogP contribution is 2.32. The van der Waals surface area contributed by atoms with Crippen LogP contribution in [0, 0.1) is 0 Å². The number of likely N-dealkylation sites (N-methyl/N-ethyl adjacent to an activating group) is 1. The van der Waals surface area contributed by atoms with E-state index in [1.165, 1.54) is 24.6 Å². The summed E-state index contributed by atoms with van der Waals surface area (Å²) in [7, 11) is 4.02. The van der Waals surface area contributed by atoms with Crippen molar-refractivity contribution in [1.29, 1.82) is 0 Å². The fraction of sp³-hybridized carbons (Fsp3) is 0.435. The first kappa shape index (κ1) is 25.4. The number of hydrogen-bond acceptors (Lipinski definition) is 8. The fourth-order valence-electron chi connectivity index (χ4n) is 3.76. The van der Waals surface area contributed by atoms with Gasteiger partial charge in [-0.2, -0.15) is 4.31 Å². The molecule has 0 atom stereocenters. The molecule has 0 spiro atoms. The van der Waals surface area contributed by atoms with Crippen LogP contribution in [0.15, 0.2) is 41.3 Å². The molecule has 3 rings (SSSR count). The van der Waals surface area contributed by atoms with Crippen molar-refractivity contribution in [1.82, 2.24) is 9.21 Å². The van der Waals surface area contributed by atoms with Gasteiger partial charge in [0.05, 0.1) is 35.0 Å². The van der Waals surface area contributed by atoms with E-state index < -0.39 is 10.0 Å². The van der Waals surface area contributed by atoms with Gasteiger partial charge in [0.2, 0.25) is 15.9 Å². The molecule has 0 bridgehead atoms. The molecule has 0 aromatic heterocycles. The summed E-state index contributed by atoms with van der Waals surface area (Å²) in [5.41, 5.74) is 0.803. The van der Waals surface area contributed by atoms with Gasteiger partial charge in [0.1, 0.15) is 16.4 Å². The molecule has 2 aromatic carbocycles. The minimum atomic E-state index is -3.81. The normalized spacial score (nSPS) is 14.4. The van der Waals surface area contributed by atoms with Gasteiger partial charge in [-0.1, -0.05) is 0 Å². The van der Waals surface area contributed by atoms with Gasteiger partial charge in [-0.3, -0.25) is 4.79 Å². The molecule has 34 heavy (non-hydrogen) atoms. The predicted molar refractivity (Wildman–Crippen MR) is 128 cm³/mol. The quantitative estimate of drug-likeness (QED) is 0.521. The first-order valence-corrected chi connectivity index (χ1v) is 12.1. The third kappa shape index (κ3) is 5.31.